The van der Waals surface area contributed by atoms with E-state index in [1.54, 1.807) is 13.2 Å². The van der Waals surface area contributed by atoms with Crippen LogP contribution in [-0.2, 0) is 10.3 Å². The lowest BCUT2D eigenvalue weighted by atomic mass is 9.74. The van der Waals surface area contributed by atoms with Gasteiger partial charge in [0.15, 0.2) is 0 Å². The van der Waals surface area contributed by atoms with Crippen LogP contribution < -0.4 is 4.74 Å². The normalized spacial score (nSPS) is 25.0. The van der Waals surface area contributed by atoms with Crippen molar-refractivity contribution in [3.05, 3.63) is 83.6 Å². The SMILES string of the molecule is COc1cccc(C2(O)CC3CCCC(C2)N3C(=O)OCC2c3ccccc3-c3ccccc32)n1. The Morgan fingerprint density at radius 1 is 0.971 bits per heavy atom. The standard InChI is InChI=1S/C29H30N2O4/c1-34-27-15-7-14-26(30-27)29(33)16-19-8-6-9-20(17-29)31(19)28(32)35-18-25-23-12-4-2-10-21(23)22-11-3-5-13-24(22)25/h2-5,7,10-15,19-20,25,33H,6,8-9,16-18H2,1H3. The van der Waals surface area contributed by atoms with Crippen molar-refractivity contribution in [3.63, 3.8) is 0 Å². The van der Waals surface area contributed by atoms with Gasteiger partial charge in [-0.1, -0.05) is 54.6 Å². The summed E-state index contributed by atoms with van der Waals surface area (Å²) in [5.74, 6) is 0.522. The molecule has 2 unspecified atom stereocenters. The van der Waals surface area contributed by atoms with Crippen LogP contribution in [0.3, 0.4) is 0 Å². The molecule has 0 radical (unpaired) electrons. The predicted octanol–water partition coefficient (Wildman–Crippen LogP) is 5.24. The predicted molar refractivity (Wildman–Crippen MR) is 132 cm³/mol. The first-order valence-electron chi connectivity index (χ1n) is 12.4. The lowest BCUT2D eigenvalue weighted by molar-refractivity contribution is -0.0914. The molecule has 3 heterocycles. The van der Waals surface area contributed by atoms with Crippen molar-refractivity contribution >= 4 is 6.09 Å². The van der Waals surface area contributed by atoms with Crippen LogP contribution in [-0.4, -0.2) is 46.9 Å². The number of benzene rings is 2. The molecule has 1 aromatic heterocycles. The Hall–Kier alpha value is -3.38. The van der Waals surface area contributed by atoms with Gasteiger partial charge >= 0.3 is 6.09 Å². The number of methoxy groups -OCH3 is 1. The lowest BCUT2D eigenvalue weighted by Crippen LogP contribution is -2.59. The largest absolute Gasteiger partial charge is 0.481 e. The van der Waals surface area contributed by atoms with Crippen molar-refractivity contribution in [2.45, 2.75) is 55.7 Å². The zero-order chi connectivity index (χ0) is 24.0. The number of piperidine rings is 2. The van der Waals surface area contributed by atoms with Gasteiger partial charge in [-0.05, 0) is 47.6 Å². The number of aromatic nitrogens is 1. The molecule has 35 heavy (non-hydrogen) atoms. The summed E-state index contributed by atoms with van der Waals surface area (Å²) in [7, 11) is 1.57. The third kappa shape index (κ3) is 3.76. The number of hydrogen-bond donors (Lipinski definition) is 1. The van der Waals surface area contributed by atoms with Crippen LogP contribution in [0.2, 0.25) is 0 Å². The van der Waals surface area contributed by atoms with Gasteiger partial charge in [-0.3, -0.25) is 0 Å². The van der Waals surface area contributed by atoms with Crippen LogP contribution in [0.4, 0.5) is 4.79 Å². The molecule has 2 bridgehead atoms. The van der Waals surface area contributed by atoms with E-state index in [1.165, 1.54) is 22.3 Å². The van der Waals surface area contributed by atoms with E-state index in [9.17, 15) is 9.90 Å². The minimum absolute atomic E-state index is 0.0360. The molecule has 1 aliphatic carbocycles. The number of hydrogen-bond acceptors (Lipinski definition) is 5. The first kappa shape index (κ1) is 22.1. The number of carbonyl (C=O) groups is 1. The monoisotopic (exact) mass is 470 g/mol. The Bertz CT molecular complexity index is 1200. The average molecular weight is 471 g/mol. The number of rotatable bonds is 4. The van der Waals surface area contributed by atoms with Gasteiger partial charge in [0.2, 0.25) is 5.88 Å². The molecule has 180 valence electrons. The van der Waals surface area contributed by atoms with E-state index in [0.29, 0.717) is 31.0 Å². The molecule has 2 fully saturated rings. The fourth-order valence-corrected chi connectivity index (χ4v) is 6.39. The summed E-state index contributed by atoms with van der Waals surface area (Å²) < 4.78 is 11.3. The Balaban J connectivity index is 1.20. The molecule has 1 N–H and O–H groups in total. The first-order valence-corrected chi connectivity index (χ1v) is 12.4. The average Bonchev–Trinajstić information content (AvgIpc) is 3.20. The van der Waals surface area contributed by atoms with Crippen LogP contribution in [0.5, 0.6) is 5.88 Å². The van der Waals surface area contributed by atoms with E-state index in [1.807, 2.05) is 29.2 Å². The van der Waals surface area contributed by atoms with Crippen molar-refractivity contribution in [1.82, 2.24) is 9.88 Å². The molecule has 0 saturated carbocycles. The second-order valence-corrected chi connectivity index (χ2v) is 9.95. The molecule has 0 spiro atoms. The summed E-state index contributed by atoms with van der Waals surface area (Å²) in [5.41, 5.74) is 4.38. The number of amides is 1. The highest BCUT2D eigenvalue weighted by Gasteiger charge is 2.49. The summed E-state index contributed by atoms with van der Waals surface area (Å²) in [4.78, 5) is 19.8. The van der Waals surface area contributed by atoms with Gasteiger partial charge < -0.3 is 19.5 Å². The minimum atomic E-state index is -1.08. The second kappa shape index (κ2) is 8.68. The Morgan fingerprint density at radius 3 is 2.23 bits per heavy atom. The van der Waals surface area contributed by atoms with Crippen LogP contribution in [0, 0.1) is 0 Å². The maximum atomic E-state index is 13.4. The van der Waals surface area contributed by atoms with Gasteiger partial charge in [-0.25, -0.2) is 9.78 Å². The molecule has 2 atom stereocenters. The highest BCUT2D eigenvalue weighted by Crippen LogP contribution is 2.46. The Morgan fingerprint density at radius 2 is 1.60 bits per heavy atom. The molecule has 1 amide bonds. The maximum absolute atomic E-state index is 13.4. The summed E-state index contributed by atoms with van der Waals surface area (Å²) >= 11 is 0. The lowest BCUT2D eigenvalue weighted by Gasteiger charge is -2.51. The molecule has 6 rings (SSSR count). The van der Waals surface area contributed by atoms with Crippen molar-refractivity contribution in [2.75, 3.05) is 13.7 Å². The molecule has 6 heteroatoms. The van der Waals surface area contributed by atoms with E-state index < -0.39 is 5.60 Å². The van der Waals surface area contributed by atoms with Gasteiger partial charge in [0.1, 0.15) is 12.2 Å². The topological polar surface area (TPSA) is 71.9 Å². The highest BCUT2D eigenvalue weighted by molar-refractivity contribution is 5.79. The smallest absolute Gasteiger partial charge is 0.410 e. The summed E-state index contributed by atoms with van der Waals surface area (Å²) in [6.07, 6.45) is 3.38. The van der Waals surface area contributed by atoms with Crippen LogP contribution in [0.25, 0.3) is 11.1 Å². The number of pyridine rings is 1. The van der Waals surface area contributed by atoms with Gasteiger partial charge in [0, 0.05) is 36.9 Å². The molecule has 2 aromatic carbocycles. The molecule has 6 nitrogen and oxygen atoms in total. The molecule has 2 saturated heterocycles. The summed E-state index contributed by atoms with van der Waals surface area (Å²) in [6.45, 7) is 0.310. The van der Waals surface area contributed by atoms with Gasteiger partial charge in [0.05, 0.1) is 12.8 Å². The molecule has 3 aromatic rings. The zero-order valence-corrected chi connectivity index (χ0v) is 19.9. The van der Waals surface area contributed by atoms with Crippen molar-refractivity contribution in [1.29, 1.82) is 0 Å². The highest BCUT2D eigenvalue weighted by atomic mass is 16.6. The van der Waals surface area contributed by atoms with Crippen LogP contribution in [0.15, 0.2) is 66.7 Å². The van der Waals surface area contributed by atoms with Crippen molar-refractivity contribution < 1.29 is 19.4 Å². The second-order valence-electron chi connectivity index (χ2n) is 9.95. The number of nitrogens with zero attached hydrogens (tertiary/aromatic N) is 2. The molecular formula is C29H30N2O4. The Labute approximate surface area is 205 Å². The summed E-state index contributed by atoms with van der Waals surface area (Å²) in [5, 5.41) is 11.6. The number of fused-ring (bicyclic) bond motifs is 5. The third-order valence-corrected chi connectivity index (χ3v) is 7.96. The number of carbonyl (C=O) groups excluding carboxylic acids is 1. The maximum Gasteiger partial charge on any atom is 0.410 e. The van der Waals surface area contributed by atoms with Crippen LogP contribution >= 0.6 is 0 Å². The van der Waals surface area contributed by atoms with Crippen molar-refractivity contribution in [2.24, 2.45) is 0 Å². The number of ether oxygens (including phenoxy) is 2. The van der Waals surface area contributed by atoms with Gasteiger partial charge in [-0.15, -0.1) is 0 Å². The van der Waals surface area contributed by atoms with Gasteiger partial charge in [-0.2, -0.15) is 0 Å². The fourth-order valence-electron chi connectivity index (χ4n) is 6.39. The van der Waals surface area contributed by atoms with E-state index in [-0.39, 0.29) is 24.1 Å². The van der Waals surface area contributed by atoms with E-state index >= 15 is 0 Å². The summed E-state index contributed by atoms with van der Waals surface area (Å²) in [6, 6.07) is 22.1. The van der Waals surface area contributed by atoms with Gasteiger partial charge in [0.25, 0.3) is 0 Å². The molecule has 2 aliphatic heterocycles. The zero-order valence-electron chi connectivity index (χ0n) is 19.9. The van der Waals surface area contributed by atoms with Crippen molar-refractivity contribution in [3.8, 4) is 17.0 Å². The molecule has 3 aliphatic rings. The Kier molecular flexibility index (Phi) is 5.49. The van der Waals surface area contributed by atoms with E-state index in [4.69, 9.17) is 9.47 Å². The van der Waals surface area contributed by atoms with E-state index in [2.05, 4.69) is 41.4 Å². The quantitative estimate of drug-likeness (QED) is 0.564. The number of aliphatic hydroxyl groups is 1. The van der Waals surface area contributed by atoms with Crippen LogP contribution in [0.1, 0.15) is 54.8 Å². The first-order chi connectivity index (χ1) is 17.1. The third-order valence-electron chi connectivity index (χ3n) is 7.96. The fraction of sp³-hybridized carbons (Fsp3) is 0.379. The minimum Gasteiger partial charge on any atom is -0.481 e. The molecular weight excluding hydrogens is 440 g/mol. The van der Waals surface area contributed by atoms with E-state index in [0.717, 1.165) is 19.3 Å².